The van der Waals surface area contributed by atoms with Crippen LogP contribution in [0.15, 0.2) is 18.2 Å². The fourth-order valence-corrected chi connectivity index (χ4v) is 2.88. The molecular formula is C13H12ClNO3. The van der Waals surface area contributed by atoms with Gasteiger partial charge in [0.25, 0.3) is 0 Å². The minimum atomic E-state index is -0.716. The fourth-order valence-electron chi connectivity index (χ4n) is 2.70. The third kappa shape index (κ3) is 1.38. The van der Waals surface area contributed by atoms with E-state index in [1.165, 1.54) is 0 Å². The van der Waals surface area contributed by atoms with Gasteiger partial charge in [0, 0.05) is 10.7 Å². The van der Waals surface area contributed by atoms with Gasteiger partial charge in [0.1, 0.15) is 0 Å². The van der Waals surface area contributed by atoms with Crippen molar-refractivity contribution in [3.63, 3.8) is 0 Å². The first-order valence-corrected chi connectivity index (χ1v) is 6.25. The van der Waals surface area contributed by atoms with Crippen molar-refractivity contribution in [1.29, 1.82) is 0 Å². The molecule has 1 aliphatic carbocycles. The Morgan fingerprint density at radius 3 is 3.11 bits per heavy atom. The molecule has 18 heavy (non-hydrogen) atoms. The average molecular weight is 266 g/mol. The number of rotatable bonds is 2. The number of benzene rings is 1. The molecular weight excluding hydrogens is 254 g/mol. The highest BCUT2D eigenvalue weighted by Crippen LogP contribution is 2.60. The Morgan fingerprint density at radius 2 is 2.39 bits per heavy atom. The summed E-state index contributed by atoms with van der Waals surface area (Å²) in [6.07, 6.45) is 0.520. The lowest BCUT2D eigenvalue weighted by atomic mass is 9.95. The van der Waals surface area contributed by atoms with Crippen LogP contribution in [0.25, 0.3) is 0 Å². The van der Waals surface area contributed by atoms with E-state index in [9.17, 15) is 9.59 Å². The Hall–Kier alpha value is -1.55. The van der Waals surface area contributed by atoms with Gasteiger partial charge in [-0.1, -0.05) is 17.7 Å². The van der Waals surface area contributed by atoms with Gasteiger partial charge in [-0.15, -0.1) is 0 Å². The molecule has 1 saturated carbocycles. The van der Waals surface area contributed by atoms with Crippen molar-refractivity contribution in [3.8, 4) is 0 Å². The number of carbonyl (C=O) groups is 2. The molecule has 0 unspecified atom stereocenters. The monoisotopic (exact) mass is 265 g/mol. The average Bonchev–Trinajstić information content (AvgIpc) is 2.99. The summed E-state index contributed by atoms with van der Waals surface area (Å²) in [7, 11) is 0. The van der Waals surface area contributed by atoms with E-state index in [0.717, 1.165) is 5.56 Å². The lowest BCUT2D eigenvalue weighted by molar-refractivity contribution is -0.146. The molecule has 1 amide bonds. The summed E-state index contributed by atoms with van der Waals surface area (Å²) >= 11 is 5.89. The van der Waals surface area contributed by atoms with Crippen molar-refractivity contribution >= 4 is 29.2 Å². The zero-order valence-corrected chi connectivity index (χ0v) is 10.6. The highest BCUT2D eigenvalue weighted by molar-refractivity contribution is 6.31. The van der Waals surface area contributed by atoms with Crippen LogP contribution in [-0.4, -0.2) is 18.5 Å². The molecule has 1 spiro atoms. The maximum atomic E-state index is 12.1. The first kappa shape index (κ1) is 11.5. The molecule has 0 radical (unpaired) electrons. The van der Waals surface area contributed by atoms with Crippen molar-refractivity contribution in [2.75, 3.05) is 11.9 Å². The van der Waals surface area contributed by atoms with Crippen LogP contribution in [0.2, 0.25) is 5.02 Å². The van der Waals surface area contributed by atoms with Crippen LogP contribution in [0.1, 0.15) is 18.9 Å². The van der Waals surface area contributed by atoms with Crippen molar-refractivity contribution < 1.29 is 14.3 Å². The van der Waals surface area contributed by atoms with E-state index >= 15 is 0 Å². The molecule has 1 N–H and O–H groups in total. The number of ether oxygens (including phenoxy) is 1. The van der Waals surface area contributed by atoms with Gasteiger partial charge in [-0.2, -0.15) is 0 Å². The molecule has 4 nitrogen and oxygen atoms in total. The van der Waals surface area contributed by atoms with Gasteiger partial charge in [-0.3, -0.25) is 9.59 Å². The second-order valence-electron chi connectivity index (χ2n) is 4.62. The lowest BCUT2D eigenvalue weighted by Crippen LogP contribution is -2.25. The molecule has 94 valence electrons. The highest BCUT2D eigenvalue weighted by atomic mass is 35.5. The third-order valence-corrected chi connectivity index (χ3v) is 3.88. The maximum Gasteiger partial charge on any atom is 0.310 e. The van der Waals surface area contributed by atoms with E-state index in [1.807, 2.05) is 6.07 Å². The molecule has 0 bridgehead atoms. The summed E-state index contributed by atoms with van der Waals surface area (Å²) < 4.78 is 4.99. The minimum Gasteiger partial charge on any atom is -0.466 e. The zero-order chi connectivity index (χ0) is 12.9. The molecule has 1 aliphatic heterocycles. The van der Waals surface area contributed by atoms with Crippen molar-refractivity contribution in [1.82, 2.24) is 0 Å². The number of esters is 1. The van der Waals surface area contributed by atoms with Gasteiger partial charge < -0.3 is 10.1 Å². The summed E-state index contributed by atoms with van der Waals surface area (Å²) in [5.74, 6) is -0.784. The molecule has 2 aliphatic rings. The second kappa shape index (κ2) is 3.72. The zero-order valence-electron chi connectivity index (χ0n) is 9.83. The van der Waals surface area contributed by atoms with E-state index in [-0.39, 0.29) is 17.8 Å². The van der Waals surface area contributed by atoms with Crippen LogP contribution in [0.5, 0.6) is 0 Å². The van der Waals surface area contributed by atoms with E-state index in [2.05, 4.69) is 5.32 Å². The molecule has 5 heteroatoms. The number of carbonyl (C=O) groups excluding carboxylic acids is 2. The quantitative estimate of drug-likeness (QED) is 0.834. The fraction of sp³-hybridized carbons (Fsp3) is 0.385. The van der Waals surface area contributed by atoms with E-state index in [1.54, 1.807) is 19.1 Å². The van der Waals surface area contributed by atoms with Crippen molar-refractivity contribution in [2.24, 2.45) is 5.92 Å². The van der Waals surface area contributed by atoms with Gasteiger partial charge in [0.05, 0.1) is 17.9 Å². The van der Waals surface area contributed by atoms with Gasteiger partial charge in [-0.25, -0.2) is 0 Å². The smallest absolute Gasteiger partial charge is 0.310 e. The van der Waals surface area contributed by atoms with Crippen LogP contribution in [0.4, 0.5) is 5.69 Å². The Balaban J connectivity index is 1.97. The molecule has 1 aromatic rings. The number of anilines is 1. The number of nitrogens with one attached hydrogen (secondary N) is 1. The largest absolute Gasteiger partial charge is 0.466 e. The summed E-state index contributed by atoms with van der Waals surface area (Å²) in [6, 6.07) is 5.27. The molecule has 0 aromatic heterocycles. The van der Waals surface area contributed by atoms with Crippen LogP contribution in [0.3, 0.4) is 0 Å². The predicted octanol–water partition coefficient (Wildman–Crippen LogP) is 2.11. The van der Waals surface area contributed by atoms with Gasteiger partial charge >= 0.3 is 5.97 Å². The lowest BCUT2D eigenvalue weighted by Gasteiger charge is -2.07. The second-order valence-corrected chi connectivity index (χ2v) is 5.06. The number of hydrogen-bond acceptors (Lipinski definition) is 3. The molecule has 3 rings (SSSR count). The summed E-state index contributed by atoms with van der Waals surface area (Å²) in [6.45, 7) is 2.09. The number of amides is 1. The molecule has 1 heterocycles. The topological polar surface area (TPSA) is 55.4 Å². The van der Waals surface area contributed by atoms with E-state index < -0.39 is 5.41 Å². The van der Waals surface area contributed by atoms with Crippen LogP contribution in [0, 0.1) is 5.92 Å². The van der Waals surface area contributed by atoms with Gasteiger partial charge in [0.2, 0.25) is 5.91 Å². The Bertz CT molecular complexity index is 557. The molecule has 0 saturated heterocycles. The number of halogens is 1. The number of fused-ring (bicyclic) bond motifs is 2. The Kier molecular flexibility index (Phi) is 2.38. The molecule has 1 aromatic carbocycles. The predicted molar refractivity (Wildman–Crippen MR) is 66.5 cm³/mol. The van der Waals surface area contributed by atoms with E-state index in [4.69, 9.17) is 16.3 Å². The standard InChI is InChI=1S/C13H12ClNO3/c1-2-18-11(16)9-6-13(9)8-4-3-7(14)5-10(8)15-12(13)17/h3-5,9H,2,6H2,1H3,(H,15,17)/t9-,13-/m1/s1. The summed E-state index contributed by atoms with van der Waals surface area (Å²) in [5, 5.41) is 3.36. The minimum absolute atomic E-state index is 0.127. The Labute approximate surface area is 109 Å². The van der Waals surface area contributed by atoms with Crippen LogP contribution in [-0.2, 0) is 19.7 Å². The van der Waals surface area contributed by atoms with E-state index in [0.29, 0.717) is 23.7 Å². The summed E-state index contributed by atoms with van der Waals surface area (Å²) in [4.78, 5) is 23.8. The Morgan fingerprint density at radius 1 is 1.61 bits per heavy atom. The number of hydrogen-bond donors (Lipinski definition) is 1. The molecule has 2 atom stereocenters. The third-order valence-electron chi connectivity index (χ3n) is 3.65. The van der Waals surface area contributed by atoms with Crippen molar-refractivity contribution in [3.05, 3.63) is 28.8 Å². The highest BCUT2D eigenvalue weighted by Gasteiger charge is 2.68. The normalized spacial score (nSPS) is 27.9. The van der Waals surface area contributed by atoms with Gasteiger partial charge in [0.15, 0.2) is 0 Å². The maximum absolute atomic E-state index is 12.1. The van der Waals surface area contributed by atoms with Crippen molar-refractivity contribution in [2.45, 2.75) is 18.8 Å². The van der Waals surface area contributed by atoms with Crippen LogP contribution < -0.4 is 5.32 Å². The van der Waals surface area contributed by atoms with Gasteiger partial charge in [-0.05, 0) is 31.0 Å². The first-order valence-electron chi connectivity index (χ1n) is 5.87. The summed E-state index contributed by atoms with van der Waals surface area (Å²) in [5.41, 5.74) is 0.848. The SMILES string of the molecule is CCOC(=O)[C@H]1C[C@]12C(=O)Nc1cc(Cl)ccc12. The first-order chi connectivity index (χ1) is 8.59. The van der Waals surface area contributed by atoms with Crippen LogP contribution >= 0.6 is 11.6 Å². The molecule has 1 fully saturated rings.